The first kappa shape index (κ1) is 13.3. The van der Waals surface area contributed by atoms with Crippen molar-refractivity contribution in [1.82, 2.24) is 10.2 Å². The predicted octanol–water partition coefficient (Wildman–Crippen LogP) is 0.698. The molecule has 1 aliphatic heterocycles. The van der Waals surface area contributed by atoms with Gasteiger partial charge in [-0.2, -0.15) is 0 Å². The normalized spacial score (nSPS) is 26.6. The number of aliphatic carboxylic acids is 1. The highest BCUT2D eigenvalue weighted by Gasteiger charge is 2.31. The second-order valence-electron chi connectivity index (χ2n) is 5.54. The lowest BCUT2D eigenvalue weighted by molar-refractivity contribution is -0.144. The van der Waals surface area contributed by atoms with Crippen molar-refractivity contribution in [3.63, 3.8) is 0 Å². The van der Waals surface area contributed by atoms with Gasteiger partial charge in [0.2, 0.25) is 5.91 Å². The highest BCUT2D eigenvalue weighted by molar-refractivity contribution is 5.79. The van der Waals surface area contributed by atoms with Gasteiger partial charge in [-0.15, -0.1) is 0 Å². The van der Waals surface area contributed by atoms with Gasteiger partial charge in [0.05, 0.1) is 5.92 Å². The molecule has 5 heteroatoms. The minimum absolute atomic E-state index is 0.0423. The summed E-state index contributed by atoms with van der Waals surface area (Å²) >= 11 is 0. The summed E-state index contributed by atoms with van der Waals surface area (Å²) in [6.07, 6.45) is 4.23. The van der Waals surface area contributed by atoms with Crippen LogP contribution in [0.15, 0.2) is 0 Å². The monoisotopic (exact) mass is 254 g/mol. The van der Waals surface area contributed by atoms with Crippen molar-refractivity contribution in [2.24, 2.45) is 11.8 Å². The molecule has 0 aromatic carbocycles. The molecule has 0 spiro atoms. The van der Waals surface area contributed by atoms with Gasteiger partial charge >= 0.3 is 5.97 Å². The summed E-state index contributed by atoms with van der Waals surface area (Å²) in [7, 11) is 0. The van der Waals surface area contributed by atoms with Crippen LogP contribution in [0, 0.1) is 11.8 Å². The van der Waals surface area contributed by atoms with Crippen LogP contribution in [0.1, 0.15) is 32.6 Å². The molecule has 0 aromatic heterocycles. The van der Waals surface area contributed by atoms with Crippen LogP contribution in [0.4, 0.5) is 0 Å². The Labute approximate surface area is 108 Å². The number of likely N-dealkylation sites (tertiary alicyclic amines) is 1. The van der Waals surface area contributed by atoms with E-state index in [2.05, 4.69) is 5.32 Å². The molecule has 1 saturated carbocycles. The highest BCUT2D eigenvalue weighted by atomic mass is 16.4. The Morgan fingerprint density at radius 2 is 2.11 bits per heavy atom. The molecule has 5 nitrogen and oxygen atoms in total. The van der Waals surface area contributed by atoms with Crippen LogP contribution in [0.2, 0.25) is 0 Å². The van der Waals surface area contributed by atoms with Crippen molar-refractivity contribution in [3.8, 4) is 0 Å². The molecule has 2 atom stereocenters. The SMILES string of the molecule is C[C@H](C(=O)O)N1CCC[C@@H](C(=O)NCC2CC2)C1. The summed E-state index contributed by atoms with van der Waals surface area (Å²) in [5.41, 5.74) is 0. The van der Waals surface area contributed by atoms with Crippen LogP contribution in [0.25, 0.3) is 0 Å². The van der Waals surface area contributed by atoms with E-state index in [0.717, 1.165) is 25.9 Å². The number of carbonyl (C=O) groups is 2. The molecule has 0 unspecified atom stereocenters. The minimum atomic E-state index is -0.811. The van der Waals surface area contributed by atoms with Crippen LogP contribution in [0.3, 0.4) is 0 Å². The Hall–Kier alpha value is -1.10. The van der Waals surface area contributed by atoms with E-state index in [-0.39, 0.29) is 11.8 Å². The zero-order valence-corrected chi connectivity index (χ0v) is 10.9. The standard InChI is InChI=1S/C13H22N2O3/c1-9(13(17)18)15-6-2-3-11(8-15)12(16)14-7-10-4-5-10/h9-11H,2-8H2,1H3,(H,14,16)(H,17,18)/t9-,11-/m1/s1. The molecular formula is C13H22N2O3. The van der Waals surface area contributed by atoms with Crippen LogP contribution >= 0.6 is 0 Å². The number of amides is 1. The molecule has 1 amide bonds. The van der Waals surface area contributed by atoms with E-state index in [4.69, 9.17) is 5.11 Å². The van der Waals surface area contributed by atoms with Gasteiger partial charge in [-0.1, -0.05) is 0 Å². The summed E-state index contributed by atoms with van der Waals surface area (Å²) in [6, 6.07) is -0.496. The van der Waals surface area contributed by atoms with E-state index < -0.39 is 12.0 Å². The van der Waals surface area contributed by atoms with Gasteiger partial charge in [-0.25, -0.2) is 0 Å². The second-order valence-corrected chi connectivity index (χ2v) is 5.54. The van der Waals surface area contributed by atoms with Gasteiger partial charge in [0.25, 0.3) is 0 Å². The molecule has 2 aliphatic rings. The molecule has 2 fully saturated rings. The van der Waals surface area contributed by atoms with Crippen molar-refractivity contribution in [2.75, 3.05) is 19.6 Å². The first-order chi connectivity index (χ1) is 8.58. The third kappa shape index (κ3) is 3.45. The number of nitrogens with one attached hydrogen (secondary N) is 1. The molecule has 0 bridgehead atoms. The topological polar surface area (TPSA) is 69.6 Å². The van der Waals surface area contributed by atoms with Crippen molar-refractivity contribution in [3.05, 3.63) is 0 Å². The van der Waals surface area contributed by atoms with Crippen LogP contribution < -0.4 is 5.32 Å². The lowest BCUT2D eigenvalue weighted by atomic mass is 9.96. The van der Waals surface area contributed by atoms with Crippen LogP contribution in [-0.4, -0.2) is 47.6 Å². The van der Waals surface area contributed by atoms with Crippen molar-refractivity contribution in [2.45, 2.75) is 38.6 Å². The third-order valence-electron chi connectivity index (χ3n) is 3.99. The zero-order chi connectivity index (χ0) is 13.1. The van der Waals surface area contributed by atoms with Crippen molar-refractivity contribution in [1.29, 1.82) is 0 Å². The van der Waals surface area contributed by atoms with Gasteiger partial charge in [0, 0.05) is 13.1 Å². The van der Waals surface area contributed by atoms with E-state index in [1.54, 1.807) is 6.92 Å². The number of nitrogens with zero attached hydrogens (tertiary/aromatic N) is 1. The number of hydrogen-bond donors (Lipinski definition) is 2. The second kappa shape index (κ2) is 5.69. The highest BCUT2D eigenvalue weighted by Crippen LogP contribution is 2.28. The Balaban J connectivity index is 1.81. The van der Waals surface area contributed by atoms with E-state index >= 15 is 0 Å². The van der Waals surface area contributed by atoms with Crippen molar-refractivity contribution < 1.29 is 14.7 Å². The molecule has 1 saturated heterocycles. The summed E-state index contributed by atoms with van der Waals surface area (Å²) in [4.78, 5) is 24.8. The Morgan fingerprint density at radius 1 is 1.39 bits per heavy atom. The van der Waals surface area contributed by atoms with Crippen molar-refractivity contribution >= 4 is 11.9 Å². The average Bonchev–Trinajstić information content (AvgIpc) is 3.19. The fourth-order valence-electron chi connectivity index (χ4n) is 2.44. The lowest BCUT2D eigenvalue weighted by Crippen LogP contribution is -2.48. The fourth-order valence-corrected chi connectivity index (χ4v) is 2.44. The van der Waals surface area contributed by atoms with Gasteiger partial charge in [-0.05, 0) is 45.1 Å². The Kier molecular flexibility index (Phi) is 4.22. The molecule has 18 heavy (non-hydrogen) atoms. The number of hydrogen-bond acceptors (Lipinski definition) is 3. The fraction of sp³-hybridized carbons (Fsp3) is 0.846. The maximum atomic E-state index is 12.0. The maximum absolute atomic E-state index is 12.0. The molecule has 1 heterocycles. The van der Waals surface area contributed by atoms with Crippen LogP contribution in [0.5, 0.6) is 0 Å². The quantitative estimate of drug-likeness (QED) is 0.757. The molecule has 0 aromatic rings. The van der Waals surface area contributed by atoms with Gasteiger partial charge in [0.1, 0.15) is 6.04 Å². The Bertz CT molecular complexity index is 328. The summed E-state index contributed by atoms with van der Waals surface area (Å²) in [5.74, 6) is -0.0656. The maximum Gasteiger partial charge on any atom is 0.320 e. The number of carboxylic acids is 1. The van der Waals surface area contributed by atoms with Crippen LogP contribution in [-0.2, 0) is 9.59 Å². The van der Waals surface area contributed by atoms with Gasteiger partial charge < -0.3 is 10.4 Å². The molecule has 2 N–H and O–H groups in total. The number of carbonyl (C=O) groups excluding carboxylic acids is 1. The Morgan fingerprint density at radius 3 is 2.72 bits per heavy atom. The van der Waals surface area contributed by atoms with E-state index in [0.29, 0.717) is 12.5 Å². The number of rotatable bonds is 5. The zero-order valence-electron chi connectivity index (χ0n) is 10.9. The number of piperidine rings is 1. The molecule has 1 aliphatic carbocycles. The molecule has 102 valence electrons. The minimum Gasteiger partial charge on any atom is -0.480 e. The lowest BCUT2D eigenvalue weighted by Gasteiger charge is -2.34. The smallest absolute Gasteiger partial charge is 0.320 e. The molecule has 2 rings (SSSR count). The van der Waals surface area contributed by atoms with E-state index in [1.807, 2.05) is 4.90 Å². The largest absolute Gasteiger partial charge is 0.480 e. The first-order valence-corrected chi connectivity index (χ1v) is 6.82. The third-order valence-corrected chi connectivity index (χ3v) is 3.99. The van der Waals surface area contributed by atoms with Gasteiger partial charge in [0.15, 0.2) is 0 Å². The van der Waals surface area contributed by atoms with Gasteiger partial charge in [-0.3, -0.25) is 14.5 Å². The summed E-state index contributed by atoms with van der Waals surface area (Å²) in [6.45, 7) is 3.83. The predicted molar refractivity (Wildman–Crippen MR) is 67.1 cm³/mol. The average molecular weight is 254 g/mol. The first-order valence-electron chi connectivity index (χ1n) is 6.82. The van der Waals surface area contributed by atoms with E-state index in [9.17, 15) is 9.59 Å². The summed E-state index contributed by atoms with van der Waals surface area (Å²) in [5, 5.41) is 12.0. The molecular weight excluding hydrogens is 232 g/mol. The summed E-state index contributed by atoms with van der Waals surface area (Å²) < 4.78 is 0. The van der Waals surface area contributed by atoms with E-state index in [1.165, 1.54) is 12.8 Å². The molecule has 0 radical (unpaired) electrons. The number of carboxylic acid groups (broad SMARTS) is 1.